The van der Waals surface area contributed by atoms with Crippen molar-refractivity contribution in [1.82, 2.24) is 6.15 Å². The summed E-state index contributed by atoms with van der Waals surface area (Å²) in [6, 6.07) is 0. The standard InChI is InChI=1S/C3H9N.H3N.H4Si/c1-2-3-4;;/h2-4H2,1H3;1H3;1H4. The van der Waals surface area contributed by atoms with Crippen LogP contribution in [0.1, 0.15) is 13.3 Å². The van der Waals surface area contributed by atoms with Gasteiger partial charge in [-0.2, -0.15) is 0 Å². The molecule has 0 aliphatic carbocycles. The second-order valence-electron chi connectivity index (χ2n) is 0.789. The zero-order valence-corrected chi connectivity index (χ0v) is 3.70. The molecule has 0 aromatic rings. The van der Waals surface area contributed by atoms with Crippen molar-refractivity contribution in [2.75, 3.05) is 6.54 Å². The highest BCUT2D eigenvalue weighted by molar-refractivity contribution is 5.75. The Hall–Kier alpha value is 0.137. The fourth-order valence-corrected chi connectivity index (χ4v) is 0. The minimum absolute atomic E-state index is 0. The minimum atomic E-state index is 0. The lowest BCUT2D eigenvalue weighted by molar-refractivity contribution is 0.932. The van der Waals surface area contributed by atoms with Crippen LogP contribution in [0.5, 0.6) is 0 Å². The van der Waals surface area contributed by atoms with Gasteiger partial charge in [0.2, 0.25) is 0 Å². The van der Waals surface area contributed by atoms with Crippen LogP contribution in [0.4, 0.5) is 0 Å². The Kier molecular flexibility index (Phi) is 52.8. The zero-order chi connectivity index (χ0) is 3.41. The van der Waals surface area contributed by atoms with Crippen LogP contribution in [-0.2, 0) is 0 Å². The summed E-state index contributed by atoms with van der Waals surface area (Å²) in [7, 11) is 0. The molecule has 0 saturated heterocycles. The van der Waals surface area contributed by atoms with E-state index in [-0.39, 0.29) is 17.1 Å². The van der Waals surface area contributed by atoms with Gasteiger partial charge in [-0.3, -0.25) is 0 Å². The molecule has 2 nitrogen and oxygen atoms in total. The van der Waals surface area contributed by atoms with Gasteiger partial charge in [-0.05, 0) is 23.9 Å². The van der Waals surface area contributed by atoms with E-state index in [9.17, 15) is 0 Å². The first-order valence-corrected chi connectivity index (χ1v) is 1.62. The molecular formula is C3H16N2Si. The summed E-state index contributed by atoms with van der Waals surface area (Å²) in [6.45, 7) is 2.88. The van der Waals surface area contributed by atoms with Gasteiger partial charge in [0.15, 0.2) is 0 Å². The molecule has 0 aromatic carbocycles. The molecule has 5 N–H and O–H groups in total. The first-order chi connectivity index (χ1) is 1.91. The molecule has 0 atom stereocenters. The predicted molar refractivity (Wildman–Crippen MR) is 35.7 cm³/mol. The molecule has 0 heterocycles. The van der Waals surface area contributed by atoms with Crippen molar-refractivity contribution in [3.05, 3.63) is 0 Å². The van der Waals surface area contributed by atoms with Crippen LogP contribution in [0.15, 0.2) is 0 Å². The molecule has 0 aromatic heterocycles. The molecule has 6 heavy (non-hydrogen) atoms. The topological polar surface area (TPSA) is 61.0 Å². The first kappa shape index (κ1) is 16.5. The largest absolute Gasteiger partial charge is 0.344 e. The molecule has 0 unspecified atom stereocenters. The highest BCUT2D eigenvalue weighted by Gasteiger charge is 1.55. The molecule has 0 bridgehead atoms. The maximum absolute atomic E-state index is 5.03. The third-order valence-corrected chi connectivity index (χ3v) is 0.289. The third-order valence-electron chi connectivity index (χ3n) is 0.289. The van der Waals surface area contributed by atoms with Gasteiger partial charge in [-0.25, -0.2) is 0 Å². The number of nitrogens with two attached hydrogens (primary N) is 1. The lowest BCUT2D eigenvalue weighted by Crippen LogP contribution is -1.93. The Labute approximate surface area is 43.7 Å². The SMILES string of the molecule is CCCN.N.[SiH4]. The second-order valence-corrected chi connectivity index (χ2v) is 0.789. The quantitative estimate of drug-likeness (QED) is 0.426. The van der Waals surface area contributed by atoms with E-state index in [1.807, 2.05) is 0 Å². The summed E-state index contributed by atoms with van der Waals surface area (Å²) in [5.41, 5.74) is 5.03. The van der Waals surface area contributed by atoms with Crippen molar-refractivity contribution in [2.45, 2.75) is 13.3 Å². The van der Waals surface area contributed by atoms with Gasteiger partial charge in [-0.15, -0.1) is 0 Å². The highest BCUT2D eigenvalue weighted by atomic mass is 28.1. The fraction of sp³-hybridized carbons (Fsp3) is 1.00. The Morgan fingerprint density at radius 1 is 1.50 bits per heavy atom. The van der Waals surface area contributed by atoms with Gasteiger partial charge >= 0.3 is 0 Å². The van der Waals surface area contributed by atoms with Crippen molar-refractivity contribution in [1.29, 1.82) is 0 Å². The summed E-state index contributed by atoms with van der Waals surface area (Å²) in [4.78, 5) is 0. The van der Waals surface area contributed by atoms with Gasteiger partial charge in [0.05, 0.1) is 0 Å². The van der Waals surface area contributed by atoms with Crippen LogP contribution in [0.25, 0.3) is 0 Å². The Bertz CT molecular complexity index is 10.8. The molecule has 0 radical (unpaired) electrons. The van der Waals surface area contributed by atoms with Crippen molar-refractivity contribution >= 4 is 11.0 Å². The maximum Gasteiger partial charge on any atom is -0.00799 e. The summed E-state index contributed by atoms with van der Waals surface area (Å²) in [5, 5.41) is 0. The van der Waals surface area contributed by atoms with Crippen LogP contribution in [0, 0.1) is 0 Å². The van der Waals surface area contributed by atoms with E-state index in [4.69, 9.17) is 5.73 Å². The van der Waals surface area contributed by atoms with E-state index in [0.717, 1.165) is 13.0 Å². The van der Waals surface area contributed by atoms with Gasteiger partial charge in [0.1, 0.15) is 0 Å². The minimum Gasteiger partial charge on any atom is -0.344 e. The van der Waals surface area contributed by atoms with Crippen LogP contribution in [-0.4, -0.2) is 17.5 Å². The highest BCUT2D eigenvalue weighted by Crippen LogP contribution is 1.57. The van der Waals surface area contributed by atoms with Crippen molar-refractivity contribution in [2.24, 2.45) is 5.73 Å². The van der Waals surface area contributed by atoms with Crippen LogP contribution >= 0.6 is 0 Å². The second kappa shape index (κ2) is 19.3. The number of rotatable bonds is 1. The van der Waals surface area contributed by atoms with E-state index in [1.165, 1.54) is 0 Å². The van der Waals surface area contributed by atoms with E-state index in [2.05, 4.69) is 6.92 Å². The average Bonchev–Trinajstić information content (AvgIpc) is 1.37. The van der Waals surface area contributed by atoms with Crippen LogP contribution in [0.2, 0.25) is 0 Å². The van der Waals surface area contributed by atoms with E-state index in [1.54, 1.807) is 0 Å². The Morgan fingerprint density at radius 2 is 1.67 bits per heavy atom. The normalized spacial score (nSPS) is 5.00. The molecule has 0 fully saturated rings. The molecule has 0 rings (SSSR count). The summed E-state index contributed by atoms with van der Waals surface area (Å²) < 4.78 is 0. The Balaban J connectivity index is -0.0000000450. The van der Waals surface area contributed by atoms with Gasteiger partial charge in [-0.1, -0.05) is 6.92 Å². The van der Waals surface area contributed by atoms with Crippen LogP contribution in [0.3, 0.4) is 0 Å². The molecule has 0 amide bonds. The van der Waals surface area contributed by atoms with Gasteiger partial charge in [0.25, 0.3) is 0 Å². The van der Waals surface area contributed by atoms with E-state index >= 15 is 0 Å². The smallest absolute Gasteiger partial charge is 0.00799 e. The molecule has 0 aliphatic rings. The summed E-state index contributed by atoms with van der Waals surface area (Å²) >= 11 is 0. The molecule has 42 valence electrons. The first-order valence-electron chi connectivity index (χ1n) is 1.62. The average molecular weight is 108 g/mol. The van der Waals surface area contributed by atoms with Crippen molar-refractivity contribution in [3.8, 4) is 0 Å². The monoisotopic (exact) mass is 108 g/mol. The van der Waals surface area contributed by atoms with Gasteiger partial charge < -0.3 is 11.9 Å². The maximum atomic E-state index is 5.03. The lowest BCUT2D eigenvalue weighted by Gasteiger charge is -1.70. The summed E-state index contributed by atoms with van der Waals surface area (Å²) in [5.74, 6) is 0. The Morgan fingerprint density at radius 3 is 1.67 bits per heavy atom. The van der Waals surface area contributed by atoms with Crippen LogP contribution < -0.4 is 11.9 Å². The molecule has 0 spiro atoms. The third kappa shape index (κ3) is 31.5. The number of hydrogen-bond donors (Lipinski definition) is 2. The summed E-state index contributed by atoms with van der Waals surface area (Å²) in [6.07, 6.45) is 1.10. The molecule has 0 aliphatic heterocycles. The van der Waals surface area contributed by atoms with Gasteiger partial charge in [0, 0.05) is 0 Å². The fourth-order valence-electron chi connectivity index (χ4n) is 0. The number of hydrogen-bond acceptors (Lipinski definition) is 2. The van der Waals surface area contributed by atoms with E-state index < -0.39 is 0 Å². The van der Waals surface area contributed by atoms with E-state index in [0.29, 0.717) is 0 Å². The van der Waals surface area contributed by atoms with Crippen molar-refractivity contribution in [3.63, 3.8) is 0 Å². The van der Waals surface area contributed by atoms with Crippen molar-refractivity contribution < 1.29 is 0 Å². The molecule has 3 heteroatoms. The molecule has 0 saturated carbocycles. The predicted octanol–water partition coefficient (Wildman–Crippen LogP) is -0.934. The molecular weight excluding hydrogens is 92.1 g/mol. The lowest BCUT2D eigenvalue weighted by atomic mass is 10.5. The zero-order valence-electron chi connectivity index (χ0n) is 3.70.